The summed E-state index contributed by atoms with van der Waals surface area (Å²) in [6, 6.07) is 0. The van der Waals surface area contributed by atoms with E-state index in [2.05, 4.69) is 4.98 Å². The number of hydrogen-bond donors (Lipinski definition) is 1. The number of alkyl halides is 1. The number of nitrogen functional groups attached to an aromatic ring is 1. The molecule has 0 fully saturated rings. The summed E-state index contributed by atoms with van der Waals surface area (Å²) in [6.45, 7) is -0.358. The minimum atomic E-state index is -0.358. The van der Waals surface area contributed by atoms with Crippen molar-refractivity contribution in [1.82, 2.24) is 4.98 Å². The van der Waals surface area contributed by atoms with Gasteiger partial charge in [-0.15, -0.1) is 11.3 Å². The fourth-order valence-corrected chi connectivity index (χ4v) is 1.13. The molecule has 0 amide bonds. The molecule has 1 aromatic heterocycles. The van der Waals surface area contributed by atoms with Gasteiger partial charge < -0.3 is 5.73 Å². The van der Waals surface area contributed by atoms with Crippen molar-refractivity contribution in [2.45, 2.75) is 6.42 Å². The van der Waals surface area contributed by atoms with Crippen molar-refractivity contribution in [2.24, 2.45) is 0 Å². The summed E-state index contributed by atoms with van der Waals surface area (Å²) < 4.78 is 11.6. The second-order valence-corrected chi connectivity index (χ2v) is 2.51. The van der Waals surface area contributed by atoms with E-state index in [1.807, 2.05) is 0 Å². The van der Waals surface area contributed by atoms with E-state index in [1.54, 1.807) is 5.38 Å². The van der Waals surface area contributed by atoms with Crippen LogP contribution >= 0.6 is 11.3 Å². The second kappa shape index (κ2) is 2.77. The molecule has 0 bridgehead atoms. The van der Waals surface area contributed by atoms with Crippen molar-refractivity contribution < 1.29 is 4.39 Å². The number of anilines is 1. The Balaban J connectivity index is 2.61. The van der Waals surface area contributed by atoms with Gasteiger partial charge in [0.2, 0.25) is 0 Å². The Bertz CT molecular complexity index is 187. The molecule has 0 aromatic carbocycles. The number of rotatable bonds is 2. The zero-order valence-corrected chi connectivity index (χ0v) is 5.62. The highest BCUT2D eigenvalue weighted by Gasteiger charge is 1.95. The van der Waals surface area contributed by atoms with Crippen LogP contribution in [0.1, 0.15) is 5.69 Å². The molecule has 1 heterocycles. The summed E-state index contributed by atoms with van der Waals surface area (Å²) in [4.78, 5) is 3.86. The van der Waals surface area contributed by atoms with Gasteiger partial charge in [-0.05, 0) is 0 Å². The predicted molar refractivity (Wildman–Crippen MR) is 36.2 cm³/mol. The maximum Gasteiger partial charge on any atom is 0.180 e. The molecule has 1 rings (SSSR count). The molecule has 0 saturated heterocycles. The van der Waals surface area contributed by atoms with Crippen LogP contribution in [0, 0.1) is 0 Å². The summed E-state index contributed by atoms with van der Waals surface area (Å²) in [5.41, 5.74) is 6.04. The van der Waals surface area contributed by atoms with Gasteiger partial charge in [-0.1, -0.05) is 0 Å². The molecule has 9 heavy (non-hydrogen) atoms. The van der Waals surface area contributed by atoms with Gasteiger partial charge in [-0.25, -0.2) is 4.98 Å². The molecule has 0 spiro atoms. The Labute approximate surface area is 56.5 Å². The fourth-order valence-electron chi connectivity index (χ4n) is 0.534. The van der Waals surface area contributed by atoms with Crippen LogP contribution in [0.2, 0.25) is 0 Å². The molecule has 0 aliphatic heterocycles. The van der Waals surface area contributed by atoms with Crippen LogP contribution in [0.4, 0.5) is 9.52 Å². The number of hydrogen-bond acceptors (Lipinski definition) is 3. The molecule has 50 valence electrons. The minimum absolute atomic E-state index is 0.358. The fraction of sp³-hybridized carbons (Fsp3) is 0.400. The van der Waals surface area contributed by atoms with Crippen molar-refractivity contribution >= 4 is 16.5 Å². The van der Waals surface area contributed by atoms with Gasteiger partial charge in [-0.2, -0.15) is 0 Å². The van der Waals surface area contributed by atoms with Crippen molar-refractivity contribution in [3.63, 3.8) is 0 Å². The van der Waals surface area contributed by atoms with Gasteiger partial charge in [0.25, 0.3) is 0 Å². The van der Waals surface area contributed by atoms with Gasteiger partial charge in [-0.3, -0.25) is 4.39 Å². The SMILES string of the molecule is Nc1nc(CCF)cs1. The van der Waals surface area contributed by atoms with E-state index >= 15 is 0 Å². The third-order valence-corrected chi connectivity index (χ3v) is 1.64. The highest BCUT2D eigenvalue weighted by molar-refractivity contribution is 7.13. The third kappa shape index (κ3) is 1.64. The van der Waals surface area contributed by atoms with E-state index in [0.29, 0.717) is 11.6 Å². The maximum atomic E-state index is 11.6. The van der Waals surface area contributed by atoms with Gasteiger partial charge in [0, 0.05) is 11.8 Å². The molecule has 1 aromatic rings. The van der Waals surface area contributed by atoms with Gasteiger partial charge in [0.1, 0.15) is 0 Å². The first-order valence-corrected chi connectivity index (χ1v) is 3.46. The number of nitrogens with two attached hydrogens (primary N) is 1. The lowest BCUT2D eigenvalue weighted by molar-refractivity contribution is 0.493. The van der Waals surface area contributed by atoms with E-state index < -0.39 is 0 Å². The standard InChI is InChI=1S/C5H7FN2S/c6-2-1-4-3-9-5(7)8-4/h3H,1-2H2,(H2,7,8). The first-order valence-electron chi connectivity index (χ1n) is 2.59. The maximum absolute atomic E-state index is 11.6. The Morgan fingerprint density at radius 1 is 1.78 bits per heavy atom. The highest BCUT2D eigenvalue weighted by atomic mass is 32.1. The van der Waals surface area contributed by atoms with Crippen LogP contribution in [0.5, 0.6) is 0 Å². The van der Waals surface area contributed by atoms with Crippen molar-refractivity contribution in [2.75, 3.05) is 12.4 Å². The third-order valence-electron chi connectivity index (χ3n) is 0.920. The van der Waals surface area contributed by atoms with E-state index in [9.17, 15) is 4.39 Å². The summed E-state index contributed by atoms with van der Waals surface area (Å²) in [7, 11) is 0. The molecule has 2 nitrogen and oxygen atoms in total. The predicted octanol–water partition coefficient (Wildman–Crippen LogP) is 1.24. The van der Waals surface area contributed by atoms with Crippen LogP contribution in [0.25, 0.3) is 0 Å². The largest absolute Gasteiger partial charge is 0.375 e. The number of thiazole rings is 1. The monoisotopic (exact) mass is 146 g/mol. The summed E-state index contributed by atoms with van der Waals surface area (Å²) >= 11 is 1.34. The zero-order valence-electron chi connectivity index (χ0n) is 4.80. The molecular weight excluding hydrogens is 139 g/mol. The minimum Gasteiger partial charge on any atom is -0.375 e. The Morgan fingerprint density at radius 3 is 3.00 bits per heavy atom. The molecule has 2 N–H and O–H groups in total. The molecule has 0 unspecified atom stereocenters. The van der Waals surface area contributed by atoms with E-state index in [1.165, 1.54) is 11.3 Å². The quantitative estimate of drug-likeness (QED) is 0.681. The van der Waals surface area contributed by atoms with E-state index in [0.717, 1.165) is 5.69 Å². The van der Waals surface area contributed by atoms with Crippen LogP contribution in [-0.2, 0) is 6.42 Å². The van der Waals surface area contributed by atoms with Gasteiger partial charge >= 0.3 is 0 Å². The van der Waals surface area contributed by atoms with Crippen molar-refractivity contribution in [3.8, 4) is 0 Å². The highest BCUT2D eigenvalue weighted by Crippen LogP contribution is 2.10. The number of halogens is 1. The first-order chi connectivity index (χ1) is 4.33. The second-order valence-electron chi connectivity index (χ2n) is 1.62. The van der Waals surface area contributed by atoms with Gasteiger partial charge in [0.15, 0.2) is 5.13 Å². The van der Waals surface area contributed by atoms with Crippen LogP contribution < -0.4 is 5.73 Å². The summed E-state index contributed by atoms with van der Waals surface area (Å²) in [6.07, 6.45) is 0.383. The molecule has 4 heteroatoms. The average molecular weight is 146 g/mol. The molecule has 0 aliphatic rings. The van der Waals surface area contributed by atoms with Crippen LogP contribution in [0.3, 0.4) is 0 Å². The van der Waals surface area contributed by atoms with Crippen molar-refractivity contribution in [1.29, 1.82) is 0 Å². The number of aryl methyl sites for hydroxylation is 1. The lowest BCUT2D eigenvalue weighted by Gasteiger charge is -1.83. The molecule has 0 atom stereocenters. The molecule has 0 radical (unpaired) electrons. The first kappa shape index (κ1) is 6.48. The molecular formula is C5H7FN2S. The lowest BCUT2D eigenvalue weighted by atomic mass is 10.4. The lowest BCUT2D eigenvalue weighted by Crippen LogP contribution is -1.88. The Hall–Kier alpha value is -0.640. The Morgan fingerprint density at radius 2 is 2.56 bits per heavy atom. The summed E-state index contributed by atoms with van der Waals surface area (Å²) in [5, 5.41) is 2.29. The number of aromatic nitrogens is 1. The number of nitrogens with zero attached hydrogens (tertiary/aromatic N) is 1. The Kier molecular flexibility index (Phi) is 2.00. The molecule has 0 aliphatic carbocycles. The van der Waals surface area contributed by atoms with E-state index in [-0.39, 0.29) is 6.67 Å². The van der Waals surface area contributed by atoms with Crippen molar-refractivity contribution in [3.05, 3.63) is 11.1 Å². The van der Waals surface area contributed by atoms with Gasteiger partial charge in [0.05, 0.1) is 12.4 Å². The average Bonchev–Trinajstić information content (AvgIpc) is 2.17. The normalized spacial score (nSPS) is 9.89. The van der Waals surface area contributed by atoms with Crippen LogP contribution in [0.15, 0.2) is 5.38 Å². The smallest absolute Gasteiger partial charge is 0.180 e. The summed E-state index contributed by atoms with van der Waals surface area (Å²) in [5.74, 6) is 0. The van der Waals surface area contributed by atoms with Crippen LogP contribution in [-0.4, -0.2) is 11.7 Å². The molecule has 0 saturated carbocycles. The van der Waals surface area contributed by atoms with E-state index in [4.69, 9.17) is 5.73 Å². The zero-order chi connectivity index (χ0) is 6.69. The topological polar surface area (TPSA) is 38.9 Å².